The SMILES string of the molecule is COC(=O)[C@H](CC=C(C)C)NC(=O)c1cc(F)cc(F)c1. The summed E-state index contributed by atoms with van der Waals surface area (Å²) in [5, 5.41) is 2.40. The molecule has 0 aromatic heterocycles. The molecule has 1 amide bonds. The zero-order chi connectivity index (χ0) is 16.0. The minimum atomic E-state index is -0.913. The van der Waals surface area contributed by atoms with E-state index in [1.165, 1.54) is 7.11 Å². The van der Waals surface area contributed by atoms with Gasteiger partial charge in [0.05, 0.1) is 7.11 Å². The van der Waals surface area contributed by atoms with Crippen molar-refractivity contribution in [2.24, 2.45) is 0 Å². The fourth-order valence-electron chi connectivity index (χ4n) is 1.64. The summed E-state index contributed by atoms with van der Waals surface area (Å²) in [6.07, 6.45) is 1.99. The van der Waals surface area contributed by atoms with Crippen molar-refractivity contribution in [3.8, 4) is 0 Å². The van der Waals surface area contributed by atoms with Gasteiger partial charge in [-0.2, -0.15) is 0 Å². The van der Waals surface area contributed by atoms with Gasteiger partial charge in [0.1, 0.15) is 17.7 Å². The second-order valence-electron chi connectivity index (χ2n) is 4.72. The maximum atomic E-state index is 13.1. The Kier molecular flexibility index (Phi) is 6.02. The van der Waals surface area contributed by atoms with Gasteiger partial charge in [0.25, 0.3) is 5.91 Å². The first-order valence-electron chi connectivity index (χ1n) is 6.31. The molecule has 0 fully saturated rings. The van der Waals surface area contributed by atoms with E-state index < -0.39 is 29.6 Å². The third-order valence-corrected chi connectivity index (χ3v) is 2.68. The molecule has 1 aromatic rings. The summed E-state index contributed by atoms with van der Waals surface area (Å²) in [5.41, 5.74) is 0.772. The Bertz CT molecular complexity index is 546. The number of halogens is 2. The molecule has 21 heavy (non-hydrogen) atoms. The number of allylic oxidation sites excluding steroid dienone is 1. The van der Waals surface area contributed by atoms with Crippen LogP contribution in [0.15, 0.2) is 29.8 Å². The van der Waals surface area contributed by atoms with Crippen molar-refractivity contribution >= 4 is 11.9 Å². The van der Waals surface area contributed by atoms with E-state index in [-0.39, 0.29) is 12.0 Å². The number of nitrogens with one attached hydrogen (secondary N) is 1. The first-order chi connectivity index (χ1) is 9.83. The number of benzene rings is 1. The van der Waals surface area contributed by atoms with E-state index in [9.17, 15) is 18.4 Å². The van der Waals surface area contributed by atoms with Crippen molar-refractivity contribution in [3.05, 3.63) is 47.0 Å². The van der Waals surface area contributed by atoms with E-state index in [2.05, 4.69) is 10.1 Å². The molecule has 114 valence electrons. The highest BCUT2D eigenvalue weighted by Crippen LogP contribution is 2.09. The van der Waals surface area contributed by atoms with Crippen molar-refractivity contribution in [2.75, 3.05) is 7.11 Å². The van der Waals surface area contributed by atoms with Crippen LogP contribution in [-0.2, 0) is 9.53 Å². The van der Waals surface area contributed by atoms with E-state index >= 15 is 0 Å². The summed E-state index contributed by atoms with van der Waals surface area (Å²) < 4.78 is 30.8. The lowest BCUT2D eigenvalue weighted by atomic mass is 10.1. The van der Waals surface area contributed by atoms with Gasteiger partial charge < -0.3 is 10.1 Å². The lowest BCUT2D eigenvalue weighted by Crippen LogP contribution is -2.41. The number of ether oxygens (including phenoxy) is 1. The first-order valence-corrected chi connectivity index (χ1v) is 6.31. The Labute approximate surface area is 121 Å². The van der Waals surface area contributed by atoms with Crippen LogP contribution in [0.5, 0.6) is 0 Å². The molecular formula is C15H17F2NO3. The summed E-state index contributed by atoms with van der Waals surface area (Å²) in [4.78, 5) is 23.6. The fourth-order valence-corrected chi connectivity index (χ4v) is 1.64. The number of hydrogen-bond donors (Lipinski definition) is 1. The van der Waals surface area contributed by atoms with Gasteiger partial charge in [0, 0.05) is 11.6 Å². The molecule has 0 saturated heterocycles. The van der Waals surface area contributed by atoms with Gasteiger partial charge in [-0.15, -0.1) is 0 Å². The molecule has 0 heterocycles. The van der Waals surface area contributed by atoms with Crippen LogP contribution >= 0.6 is 0 Å². The normalized spacial score (nSPS) is 11.5. The van der Waals surface area contributed by atoms with Crippen LogP contribution in [0.2, 0.25) is 0 Å². The minimum Gasteiger partial charge on any atom is -0.467 e. The van der Waals surface area contributed by atoms with Crippen molar-refractivity contribution in [3.63, 3.8) is 0 Å². The summed E-state index contributed by atoms with van der Waals surface area (Å²) >= 11 is 0. The Morgan fingerprint density at radius 2 is 1.81 bits per heavy atom. The largest absolute Gasteiger partial charge is 0.467 e. The summed E-state index contributed by atoms with van der Waals surface area (Å²) in [6.45, 7) is 3.69. The second-order valence-corrected chi connectivity index (χ2v) is 4.72. The van der Waals surface area contributed by atoms with Gasteiger partial charge in [0.15, 0.2) is 0 Å². The number of carbonyl (C=O) groups excluding carboxylic acids is 2. The first kappa shape index (κ1) is 16.8. The molecule has 1 aromatic carbocycles. The van der Waals surface area contributed by atoms with Crippen LogP contribution in [0.4, 0.5) is 8.78 Å². The van der Waals surface area contributed by atoms with Crippen LogP contribution in [-0.4, -0.2) is 25.0 Å². The smallest absolute Gasteiger partial charge is 0.328 e. The van der Waals surface area contributed by atoms with Gasteiger partial charge in [-0.05, 0) is 32.4 Å². The zero-order valence-corrected chi connectivity index (χ0v) is 12.1. The number of hydrogen-bond acceptors (Lipinski definition) is 3. The number of amides is 1. The predicted molar refractivity (Wildman–Crippen MR) is 73.7 cm³/mol. The van der Waals surface area contributed by atoms with E-state index in [4.69, 9.17) is 0 Å². The number of esters is 1. The van der Waals surface area contributed by atoms with Crippen molar-refractivity contribution in [1.82, 2.24) is 5.32 Å². The van der Waals surface area contributed by atoms with Crippen molar-refractivity contribution in [1.29, 1.82) is 0 Å². The number of rotatable bonds is 5. The molecular weight excluding hydrogens is 280 g/mol. The molecule has 0 spiro atoms. The quantitative estimate of drug-likeness (QED) is 0.671. The zero-order valence-electron chi connectivity index (χ0n) is 12.1. The van der Waals surface area contributed by atoms with Crippen LogP contribution < -0.4 is 5.32 Å². The molecule has 0 aliphatic carbocycles. The molecule has 0 bridgehead atoms. The van der Waals surface area contributed by atoms with Crippen LogP contribution in [0, 0.1) is 11.6 Å². The third-order valence-electron chi connectivity index (χ3n) is 2.68. The third kappa shape index (κ3) is 5.33. The highest BCUT2D eigenvalue weighted by molar-refractivity contribution is 5.96. The Hall–Kier alpha value is -2.24. The molecule has 0 unspecified atom stereocenters. The minimum absolute atomic E-state index is 0.196. The molecule has 4 nitrogen and oxygen atoms in total. The molecule has 0 aliphatic rings. The lowest BCUT2D eigenvalue weighted by molar-refractivity contribution is -0.142. The molecule has 0 radical (unpaired) electrons. The maximum Gasteiger partial charge on any atom is 0.328 e. The Morgan fingerprint density at radius 3 is 2.29 bits per heavy atom. The van der Waals surface area contributed by atoms with Gasteiger partial charge in [-0.3, -0.25) is 4.79 Å². The van der Waals surface area contributed by atoms with Gasteiger partial charge >= 0.3 is 5.97 Å². The molecule has 1 rings (SSSR count). The fraction of sp³-hybridized carbons (Fsp3) is 0.333. The average molecular weight is 297 g/mol. The monoisotopic (exact) mass is 297 g/mol. The molecule has 1 N–H and O–H groups in total. The lowest BCUT2D eigenvalue weighted by Gasteiger charge is -2.15. The predicted octanol–water partition coefficient (Wildman–Crippen LogP) is 2.59. The van der Waals surface area contributed by atoms with E-state index in [0.717, 1.165) is 17.7 Å². The summed E-state index contributed by atoms with van der Waals surface area (Å²) in [6, 6.07) is 1.54. The second kappa shape index (κ2) is 7.52. The maximum absolute atomic E-state index is 13.1. The Morgan fingerprint density at radius 1 is 1.24 bits per heavy atom. The molecule has 0 aliphatic heterocycles. The van der Waals surface area contributed by atoms with Crippen LogP contribution in [0.25, 0.3) is 0 Å². The standard InChI is InChI=1S/C15H17F2NO3/c1-9(2)4-5-13(15(20)21-3)18-14(19)10-6-11(16)8-12(17)7-10/h4,6-8,13H,5H2,1-3H3,(H,18,19)/t13-/m0/s1. The summed E-state index contributed by atoms with van der Waals surface area (Å²) in [7, 11) is 1.20. The molecule has 0 saturated carbocycles. The van der Waals surface area contributed by atoms with E-state index in [1.807, 2.05) is 13.8 Å². The van der Waals surface area contributed by atoms with E-state index in [0.29, 0.717) is 6.07 Å². The van der Waals surface area contributed by atoms with Crippen molar-refractivity contribution in [2.45, 2.75) is 26.3 Å². The molecule has 1 atom stereocenters. The number of carbonyl (C=O) groups is 2. The van der Waals surface area contributed by atoms with Gasteiger partial charge in [-0.1, -0.05) is 11.6 Å². The topological polar surface area (TPSA) is 55.4 Å². The molecule has 6 heteroatoms. The van der Waals surface area contributed by atoms with Crippen LogP contribution in [0.3, 0.4) is 0 Å². The van der Waals surface area contributed by atoms with Crippen molar-refractivity contribution < 1.29 is 23.1 Å². The van der Waals surface area contributed by atoms with Crippen LogP contribution in [0.1, 0.15) is 30.6 Å². The van der Waals surface area contributed by atoms with Gasteiger partial charge in [0.2, 0.25) is 0 Å². The highest BCUT2D eigenvalue weighted by atomic mass is 19.1. The summed E-state index contributed by atoms with van der Waals surface area (Å²) in [5.74, 6) is -3.10. The van der Waals surface area contributed by atoms with E-state index in [1.54, 1.807) is 6.08 Å². The Balaban J connectivity index is 2.89. The van der Waals surface area contributed by atoms with Gasteiger partial charge in [-0.25, -0.2) is 13.6 Å². The average Bonchev–Trinajstić information content (AvgIpc) is 2.40. The highest BCUT2D eigenvalue weighted by Gasteiger charge is 2.21. The number of methoxy groups -OCH3 is 1.